The minimum atomic E-state index is -0.509. The number of nitrogens with one attached hydrogen (secondary N) is 1. The number of amides is 2. The fraction of sp³-hybridized carbons (Fsp3) is 0.273. The molecule has 0 radical (unpaired) electrons. The number of carbonyl (C=O) groups excluding carboxylic acids is 3. The predicted octanol–water partition coefficient (Wildman–Crippen LogP) is 3.38. The smallest absolute Gasteiger partial charge is 0.339 e. The SMILES string of the molecule is COC(=O)c1ccc(NC(=O)CSC2C(C)=C(C)C(=O)N2Cc2ccc(F)cc2)nc1. The van der Waals surface area contributed by atoms with Gasteiger partial charge in [0.2, 0.25) is 5.91 Å². The highest BCUT2D eigenvalue weighted by molar-refractivity contribution is 8.00. The number of hydrogen-bond acceptors (Lipinski definition) is 6. The molecule has 0 fully saturated rings. The first-order valence-corrected chi connectivity index (χ1v) is 10.5. The first-order chi connectivity index (χ1) is 14.8. The lowest BCUT2D eigenvalue weighted by atomic mass is 10.2. The number of pyridine rings is 1. The lowest BCUT2D eigenvalue weighted by Crippen LogP contribution is -2.34. The van der Waals surface area contributed by atoms with E-state index in [0.717, 1.165) is 11.1 Å². The van der Waals surface area contributed by atoms with E-state index >= 15 is 0 Å². The molecule has 0 saturated carbocycles. The van der Waals surface area contributed by atoms with Gasteiger partial charge >= 0.3 is 5.97 Å². The minimum absolute atomic E-state index is 0.0974. The summed E-state index contributed by atoms with van der Waals surface area (Å²) in [5, 5.41) is 2.38. The molecule has 2 heterocycles. The first-order valence-electron chi connectivity index (χ1n) is 9.48. The molecule has 9 heteroatoms. The van der Waals surface area contributed by atoms with E-state index in [1.807, 2.05) is 6.92 Å². The molecular formula is C22H22FN3O4S. The number of benzene rings is 1. The molecule has 31 heavy (non-hydrogen) atoms. The van der Waals surface area contributed by atoms with Crippen molar-refractivity contribution in [2.45, 2.75) is 25.8 Å². The third-order valence-corrected chi connectivity index (χ3v) is 6.27. The van der Waals surface area contributed by atoms with Crippen LogP contribution in [0.3, 0.4) is 0 Å². The third-order valence-electron chi connectivity index (χ3n) is 4.92. The maximum absolute atomic E-state index is 13.2. The van der Waals surface area contributed by atoms with Crippen LogP contribution in [0.2, 0.25) is 0 Å². The van der Waals surface area contributed by atoms with Crippen LogP contribution < -0.4 is 5.32 Å². The van der Waals surface area contributed by atoms with Crippen molar-refractivity contribution in [3.63, 3.8) is 0 Å². The van der Waals surface area contributed by atoms with Gasteiger partial charge in [-0.25, -0.2) is 14.2 Å². The Morgan fingerprint density at radius 3 is 2.52 bits per heavy atom. The average molecular weight is 444 g/mol. The van der Waals surface area contributed by atoms with Crippen LogP contribution in [0.5, 0.6) is 0 Å². The Labute approximate surface area is 183 Å². The lowest BCUT2D eigenvalue weighted by molar-refractivity contribution is -0.126. The van der Waals surface area contributed by atoms with Gasteiger partial charge in [-0.3, -0.25) is 9.59 Å². The van der Waals surface area contributed by atoms with Gasteiger partial charge in [-0.05, 0) is 49.2 Å². The first kappa shape index (κ1) is 22.5. The Kier molecular flexibility index (Phi) is 7.06. The van der Waals surface area contributed by atoms with E-state index in [9.17, 15) is 18.8 Å². The van der Waals surface area contributed by atoms with Crippen LogP contribution in [-0.4, -0.2) is 45.9 Å². The van der Waals surface area contributed by atoms with Crippen LogP contribution in [0.25, 0.3) is 0 Å². The van der Waals surface area contributed by atoms with Crippen LogP contribution in [0, 0.1) is 5.82 Å². The number of hydrogen-bond donors (Lipinski definition) is 1. The van der Waals surface area contributed by atoms with E-state index in [1.54, 1.807) is 24.0 Å². The average Bonchev–Trinajstić information content (AvgIpc) is 2.97. The summed E-state index contributed by atoms with van der Waals surface area (Å²) in [6, 6.07) is 9.03. The highest BCUT2D eigenvalue weighted by Gasteiger charge is 2.35. The van der Waals surface area contributed by atoms with Crippen molar-refractivity contribution in [1.29, 1.82) is 0 Å². The molecule has 1 atom stereocenters. The normalized spacial score (nSPS) is 15.9. The zero-order valence-electron chi connectivity index (χ0n) is 17.3. The number of esters is 1. The second-order valence-electron chi connectivity index (χ2n) is 7.00. The molecule has 0 saturated heterocycles. The Hall–Kier alpha value is -3.20. The van der Waals surface area contributed by atoms with E-state index in [1.165, 1.54) is 49.3 Å². The minimum Gasteiger partial charge on any atom is -0.465 e. The molecular weight excluding hydrogens is 421 g/mol. The van der Waals surface area contributed by atoms with Crippen molar-refractivity contribution in [2.24, 2.45) is 0 Å². The quantitative estimate of drug-likeness (QED) is 0.660. The number of aromatic nitrogens is 1. The van der Waals surface area contributed by atoms with E-state index in [0.29, 0.717) is 17.9 Å². The summed E-state index contributed by atoms with van der Waals surface area (Å²) in [5.41, 5.74) is 2.64. The van der Waals surface area contributed by atoms with Gasteiger partial charge in [-0.2, -0.15) is 0 Å². The number of methoxy groups -OCH3 is 1. The van der Waals surface area contributed by atoms with Crippen LogP contribution in [0.1, 0.15) is 29.8 Å². The number of ether oxygens (including phenoxy) is 1. The van der Waals surface area contributed by atoms with E-state index in [-0.39, 0.29) is 34.3 Å². The Morgan fingerprint density at radius 1 is 1.19 bits per heavy atom. The number of halogens is 1. The predicted molar refractivity (Wildman–Crippen MR) is 116 cm³/mol. The zero-order valence-corrected chi connectivity index (χ0v) is 18.2. The highest BCUT2D eigenvalue weighted by Crippen LogP contribution is 2.34. The van der Waals surface area contributed by atoms with Crippen molar-refractivity contribution in [1.82, 2.24) is 9.88 Å². The van der Waals surface area contributed by atoms with Crippen molar-refractivity contribution >= 4 is 35.4 Å². The molecule has 1 aliphatic heterocycles. The van der Waals surface area contributed by atoms with Crippen molar-refractivity contribution in [3.8, 4) is 0 Å². The van der Waals surface area contributed by atoms with Gasteiger partial charge in [0.25, 0.3) is 5.91 Å². The topological polar surface area (TPSA) is 88.6 Å². The maximum atomic E-state index is 13.2. The second-order valence-corrected chi connectivity index (χ2v) is 8.07. The summed E-state index contributed by atoms with van der Waals surface area (Å²) in [6.45, 7) is 3.97. The molecule has 1 unspecified atom stereocenters. The van der Waals surface area contributed by atoms with Gasteiger partial charge in [-0.15, -0.1) is 11.8 Å². The summed E-state index contributed by atoms with van der Waals surface area (Å²) in [4.78, 5) is 42.2. The lowest BCUT2D eigenvalue weighted by Gasteiger charge is -2.26. The largest absolute Gasteiger partial charge is 0.465 e. The summed E-state index contributed by atoms with van der Waals surface area (Å²) < 4.78 is 17.8. The number of nitrogens with zero attached hydrogens (tertiary/aromatic N) is 2. The summed E-state index contributed by atoms with van der Waals surface area (Å²) >= 11 is 1.33. The van der Waals surface area contributed by atoms with E-state index < -0.39 is 5.97 Å². The van der Waals surface area contributed by atoms with Crippen LogP contribution in [-0.2, 0) is 20.9 Å². The monoisotopic (exact) mass is 443 g/mol. The zero-order chi connectivity index (χ0) is 22.5. The van der Waals surface area contributed by atoms with Crippen molar-refractivity contribution < 1.29 is 23.5 Å². The van der Waals surface area contributed by atoms with Crippen LogP contribution >= 0.6 is 11.8 Å². The van der Waals surface area contributed by atoms with Crippen LogP contribution in [0.15, 0.2) is 53.7 Å². The standard InChI is InChI=1S/C22H22FN3O4S/c1-13-14(2)21(26(20(13)28)11-15-4-7-17(23)8-5-15)31-12-19(27)25-18-9-6-16(10-24-18)22(29)30-3/h4-10,21H,11-12H2,1-3H3,(H,24,25,27). The number of carbonyl (C=O) groups is 3. The van der Waals surface area contributed by atoms with Gasteiger partial charge in [-0.1, -0.05) is 12.1 Å². The molecule has 1 aromatic heterocycles. The Balaban J connectivity index is 1.62. The van der Waals surface area contributed by atoms with Gasteiger partial charge in [0.15, 0.2) is 0 Å². The summed E-state index contributed by atoms with van der Waals surface area (Å²) in [7, 11) is 1.28. The van der Waals surface area contributed by atoms with Gasteiger partial charge in [0.1, 0.15) is 17.0 Å². The molecule has 2 aromatic rings. The Bertz CT molecular complexity index is 1020. The van der Waals surface area contributed by atoms with Crippen LogP contribution in [0.4, 0.5) is 10.2 Å². The number of rotatable bonds is 7. The Morgan fingerprint density at radius 2 is 1.90 bits per heavy atom. The number of thioether (sulfide) groups is 1. The molecule has 1 N–H and O–H groups in total. The molecule has 162 valence electrons. The molecule has 1 aromatic carbocycles. The van der Waals surface area contributed by atoms with Crippen molar-refractivity contribution in [3.05, 3.63) is 70.7 Å². The summed E-state index contributed by atoms with van der Waals surface area (Å²) in [5.74, 6) is -0.811. The fourth-order valence-corrected chi connectivity index (χ4v) is 4.26. The molecule has 0 spiro atoms. The van der Waals surface area contributed by atoms with Gasteiger partial charge < -0.3 is 15.0 Å². The summed E-state index contributed by atoms with van der Waals surface area (Å²) in [6.07, 6.45) is 1.32. The molecule has 3 rings (SSSR count). The number of anilines is 1. The molecule has 7 nitrogen and oxygen atoms in total. The molecule has 2 amide bonds. The van der Waals surface area contributed by atoms with Gasteiger partial charge in [0.05, 0.1) is 18.4 Å². The van der Waals surface area contributed by atoms with Crippen molar-refractivity contribution in [2.75, 3.05) is 18.2 Å². The fourth-order valence-electron chi connectivity index (χ4n) is 3.11. The van der Waals surface area contributed by atoms with E-state index in [2.05, 4.69) is 15.0 Å². The third kappa shape index (κ3) is 5.29. The molecule has 0 aliphatic carbocycles. The molecule has 1 aliphatic rings. The highest BCUT2D eigenvalue weighted by atomic mass is 32.2. The second kappa shape index (κ2) is 9.74. The maximum Gasteiger partial charge on any atom is 0.339 e. The van der Waals surface area contributed by atoms with Gasteiger partial charge in [0, 0.05) is 18.3 Å². The molecule has 0 bridgehead atoms. The van der Waals surface area contributed by atoms with E-state index in [4.69, 9.17) is 0 Å².